The predicted octanol–water partition coefficient (Wildman–Crippen LogP) is 3.94. The Balaban J connectivity index is 3.47. The van der Waals surface area contributed by atoms with Gasteiger partial charge in [-0.15, -0.1) is 6.58 Å². The van der Waals surface area contributed by atoms with Crippen LogP contribution in [0.5, 0.6) is 5.75 Å². The Bertz CT molecular complexity index is 615. The number of aromatic hydroxyl groups is 1. The van der Waals surface area contributed by atoms with E-state index in [9.17, 15) is 9.67 Å². The number of nitrogens with one attached hydrogen (secondary N) is 1. The number of hydrogen-bond donors (Lipinski definition) is 4. The van der Waals surface area contributed by atoms with Gasteiger partial charge in [-0.1, -0.05) is 47.6 Å². The minimum absolute atomic E-state index is 0.269. The van der Waals surface area contributed by atoms with Gasteiger partial charge in [0.05, 0.1) is 12.3 Å². The van der Waals surface area contributed by atoms with Crippen LogP contribution in [0, 0.1) is 0 Å². The van der Waals surface area contributed by atoms with Crippen molar-refractivity contribution in [3.63, 3.8) is 0 Å². The highest BCUT2D eigenvalue weighted by Gasteiger charge is 2.28. The molecule has 0 amide bonds. The number of hydrogen-bond acceptors (Lipinski definition) is 3. The summed E-state index contributed by atoms with van der Waals surface area (Å²) in [4.78, 5) is 18.2. The lowest BCUT2D eigenvalue weighted by atomic mass is 9.77. The highest BCUT2D eigenvalue weighted by Crippen LogP contribution is 2.41. The highest BCUT2D eigenvalue weighted by atomic mass is 31.2. The summed E-state index contributed by atoms with van der Waals surface area (Å²) in [7, 11) is -4.16. The first-order valence-corrected chi connectivity index (χ1v) is 9.75. The summed E-state index contributed by atoms with van der Waals surface area (Å²) >= 11 is 0. The summed E-state index contributed by atoms with van der Waals surface area (Å²) in [5.74, 6) is 0.275. The molecule has 0 aromatic heterocycles. The van der Waals surface area contributed by atoms with Gasteiger partial charge < -0.3 is 14.9 Å². The van der Waals surface area contributed by atoms with Crippen molar-refractivity contribution < 1.29 is 19.5 Å². The minimum Gasteiger partial charge on any atom is -0.507 e. The maximum Gasteiger partial charge on any atom is 0.339 e. The van der Waals surface area contributed by atoms with E-state index in [1.165, 1.54) is 0 Å². The van der Waals surface area contributed by atoms with Crippen LogP contribution in [0.3, 0.4) is 0 Å². The second-order valence-corrected chi connectivity index (χ2v) is 9.85. The Labute approximate surface area is 145 Å². The first kappa shape index (κ1) is 20.9. The quantitative estimate of drug-likeness (QED) is 0.474. The summed E-state index contributed by atoms with van der Waals surface area (Å²) in [6, 6.07) is 3.34. The van der Waals surface area contributed by atoms with Gasteiger partial charge in [0.15, 0.2) is 0 Å². The fourth-order valence-corrected chi connectivity index (χ4v) is 2.97. The normalized spacial score (nSPS) is 14.5. The number of phenols is 1. The van der Waals surface area contributed by atoms with Crippen LogP contribution in [-0.4, -0.2) is 21.2 Å². The van der Waals surface area contributed by atoms with Crippen LogP contribution in [0.2, 0.25) is 0 Å². The first-order valence-electron chi connectivity index (χ1n) is 7.95. The van der Waals surface area contributed by atoms with Crippen molar-refractivity contribution in [2.24, 2.45) is 0 Å². The molecule has 0 aliphatic heterocycles. The molecule has 0 aliphatic carbocycles. The summed E-state index contributed by atoms with van der Waals surface area (Å²) in [5.41, 5.74) is 1.89. The molecule has 136 valence electrons. The van der Waals surface area contributed by atoms with E-state index < -0.39 is 19.9 Å². The van der Waals surface area contributed by atoms with E-state index in [1.807, 2.05) is 53.7 Å². The van der Waals surface area contributed by atoms with Gasteiger partial charge in [-0.05, 0) is 39.7 Å². The molecule has 1 aromatic rings. The average Bonchev–Trinajstić information content (AvgIpc) is 2.36. The zero-order valence-corrected chi connectivity index (χ0v) is 16.3. The maximum absolute atomic E-state index is 11.1. The summed E-state index contributed by atoms with van der Waals surface area (Å²) in [6.45, 7) is 15.9. The molecule has 1 unspecified atom stereocenters. The van der Waals surface area contributed by atoms with Crippen molar-refractivity contribution >= 4 is 7.60 Å². The van der Waals surface area contributed by atoms with E-state index in [0.29, 0.717) is 0 Å². The van der Waals surface area contributed by atoms with Crippen LogP contribution in [0.1, 0.15) is 64.3 Å². The second-order valence-electron chi connectivity index (χ2n) is 8.20. The zero-order chi connectivity index (χ0) is 18.9. The molecule has 6 heteroatoms. The number of benzene rings is 1. The second kappa shape index (κ2) is 7.01. The molecule has 0 aliphatic rings. The Morgan fingerprint density at radius 2 is 1.54 bits per heavy atom. The SMILES string of the molecule is C=CC(NCP(=O)(O)O)c1cc(C(C)(C)C)c(O)c(C(C)(C)C)c1. The molecule has 0 heterocycles. The van der Waals surface area contributed by atoms with Crippen molar-refractivity contribution in [3.05, 3.63) is 41.5 Å². The fourth-order valence-electron chi connectivity index (χ4n) is 2.53. The lowest BCUT2D eigenvalue weighted by Gasteiger charge is -2.29. The van der Waals surface area contributed by atoms with Crippen LogP contribution in [0.15, 0.2) is 24.8 Å². The average molecular weight is 355 g/mol. The molecule has 1 aromatic carbocycles. The van der Waals surface area contributed by atoms with Gasteiger partial charge in [0.2, 0.25) is 0 Å². The van der Waals surface area contributed by atoms with E-state index in [-0.39, 0.29) is 16.6 Å². The molecule has 0 radical (unpaired) electrons. The summed E-state index contributed by atoms with van der Waals surface area (Å²) in [5, 5.41) is 13.6. The van der Waals surface area contributed by atoms with Crippen molar-refractivity contribution in [1.29, 1.82) is 0 Å². The monoisotopic (exact) mass is 355 g/mol. The van der Waals surface area contributed by atoms with Crippen LogP contribution < -0.4 is 5.32 Å². The number of rotatable bonds is 5. The molecule has 24 heavy (non-hydrogen) atoms. The molecule has 4 N–H and O–H groups in total. The maximum atomic E-state index is 11.1. The van der Waals surface area contributed by atoms with Gasteiger partial charge in [0, 0.05) is 0 Å². The summed E-state index contributed by atoms with van der Waals surface area (Å²) < 4.78 is 11.1. The third-order valence-electron chi connectivity index (χ3n) is 3.86. The molecule has 0 bridgehead atoms. The van der Waals surface area contributed by atoms with Gasteiger partial charge in [-0.25, -0.2) is 0 Å². The topological polar surface area (TPSA) is 89.8 Å². The summed E-state index contributed by atoms with van der Waals surface area (Å²) in [6.07, 6.45) is 1.18. The van der Waals surface area contributed by atoms with Gasteiger partial charge in [0.25, 0.3) is 0 Å². The van der Waals surface area contributed by atoms with Crippen LogP contribution in [-0.2, 0) is 15.4 Å². The Kier molecular flexibility index (Phi) is 6.11. The molecule has 1 rings (SSSR count). The highest BCUT2D eigenvalue weighted by molar-refractivity contribution is 7.51. The third-order valence-corrected chi connectivity index (χ3v) is 4.45. The fraction of sp³-hybridized carbons (Fsp3) is 0.556. The molecule has 0 spiro atoms. The smallest absolute Gasteiger partial charge is 0.339 e. The number of phenolic OH excluding ortho intramolecular Hbond substituents is 1. The Morgan fingerprint density at radius 3 is 1.83 bits per heavy atom. The minimum atomic E-state index is -4.16. The van der Waals surface area contributed by atoms with E-state index in [1.54, 1.807) is 6.08 Å². The Morgan fingerprint density at radius 1 is 1.12 bits per heavy atom. The van der Waals surface area contributed by atoms with Gasteiger partial charge >= 0.3 is 7.60 Å². The molecule has 1 atom stereocenters. The van der Waals surface area contributed by atoms with Crippen molar-refractivity contribution in [2.75, 3.05) is 6.29 Å². The van der Waals surface area contributed by atoms with E-state index >= 15 is 0 Å². The Hall–Kier alpha value is -1.13. The van der Waals surface area contributed by atoms with Crippen LogP contribution in [0.4, 0.5) is 0 Å². The zero-order valence-electron chi connectivity index (χ0n) is 15.4. The predicted molar refractivity (Wildman–Crippen MR) is 98.5 cm³/mol. The molecule has 5 nitrogen and oxygen atoms in total. The van der Waals surface area contributed by atoms with Gasteiger partial charge in [0.1, 0.15) is 5.75 Å². The van der Waals surface area contributed by atoms with E-state index in [0.717, 1.165) is 16.7 Å². The van der Waals surface area contributed by atoms with Crippen molar-refractivity contribution in [3.8, 4) is 5.75 Å². The molecule has 0 saturated heterocycles. The molecular formula is C18H30NO4P. The van der Waals surface area contributed by atoms with Crippen molar-refractivity contribution in [1.82, 2.24) is 5.32 Å². The van der Waals surface area contributed by atoms with Crippen LogP contribution >= 0.6 is 7.60 Å². The van der Waals surface area contributed by atoms with Gasteiger partial charge in [-0.2, -0.15) is 0 Å². The first-order chi connectivity index (χ1) is 10.7. The largest absolute Gasteiger partial charge is 0.507 e. The lowest BCUT2D eigenvalue weighted by molar-refractivity contribution is 0.366. The van der Waals surface area contributed by atoms with E-state index in [2.05, 4.69) is 11.9 Å². The molecule has 0 fully saturated rings. The lowest BCUT2D eigenvalue weighted by Crippen LogP contribution is -2.23. The molecular weight excluding hydrogens is 325 g/mol. The third kappa shape index (κ3) is 5.45. The van der Waals surface area contributed by atoms with Crippen molar-refractivity contribution in [2.45, 2.75) is 58.4 Å². The molecule has 0 saturated carbocycles. The van der Waals surface area contributed by atoms with Crippen LogP contribution in [0.25, 0.3) is 0 Å². The van der Waals surface area contributed by atoms with Gasteiger partial charge in [-0.3, -0.25) is 9.88 Å². The standard InChI is InChI=1S/C18H30NO4P/c1-8-15(19-11-24(21,22)23)12-9-13(17(2,3)4)16(20)14(10-12)18(5,6)7/h8-10,15,19-20H,1,11H2,2-7H3,(H2,21,22,23). The van der Waals surface area contributed by atoms with E-state index in [4.69, 9.17) is 9.79 Å².